The number of hydrogen-bond acceptors (Lipinski definition) is 3. The second-order valence-electron chi connectivity index (χ2n) is 7.39. The maximum absolute atomic E-state index is 9.45. The van der Waals surface area contributed by atoms with E-state index in [0.29, 0.717) is 0 Å². The predicted octanol–water partition coefficient (Wildman–Crippen LogP) is 3.00. The summed E-state index contributed by atoms with van der Waals surface area (Å²) in [5.41, 5.74) is 0.220. The average Bonchev–Trinajstić information content (AvgIpc) is 2.63. The van der Waals surface area contributed by atoms with Crippen LogP contribution in [0.1, 0.15) is 72.1 Å². The molecule has 0 aromatic carbocycles. The molecule has 0 spiro atoms. The minimum atomic E-state index is 0.220. The van der Waals surface area contributed by atoms with Crippen molar-refractivity contribution in [3.63, 3.8) is 0 Å². The SMILES string of the molecule is CCNC(=NCC1(CCO)CCCCC1)NCCCCN(CC)CC. The highest BCUT2D eigenvalue weighted by molar-refractivity contribution is 5.79. The summed E-state index contributed by atoms with van der Waals surface area (Å²) in [6.45, 7) is 13.0. The van der Waals surface area contributed by atoms with Crippen molar-refractivity contribution < 1.29 is 5.11 Å². The lowest BCUT2D eigenvalue weighted by atomic mass is 9.72. The summed E-state index contributed by atoms with van der Waals surface area (Å²) in [5.74, 6) is 0.938. The number of nitrogens with one attached hydrogen (secondary N) is 2. The Hall–Kier alpha value is -0.810. The van der Waals surface area contributed by atoms with Crippen LogP contribution in [0.3, 0.4) is 0 Å². The Morgan fingerprint density at radius 1 is 1.04 bits per heavy atom. The van der Waals surface area contributed by atoms with Crippen molar-refractivity contribution in [3.05, 3.63) is 0 Å². The second-order valence-corrected chi connectivity index (χ2v) is 7.39. The van der Waals surface area contributed by atoms with Crippen LogP contribution in [0.15, 0.2) is 4.99 Å². The number of aliphatic hydroxyl groups excluding tert-OH is 1. The first-order valence-electron chi connectivity index (χ1n) is 10.5. The van der Waals surface area contributed by atoms with Gasteiger partial charge in [-0.3, -0.25) is 4.99 Å². The molecule has 0 heterocycles. The van der Waals surface area contributed by atoms with Crippen LogP contribution >= 0.6 is 0 Å². The molecule has 0 aromatic rings. The number of hydrogen-bond donors (Lipinski definition) is 3. The quantitative estimate of drug-likeness (QED) is 0.286. The summed E-state index contributed by atoms with van der Waals surface area (Å²) >= 11 is 0. The van der Waals surface area contributed by atoms with E-state index >= 15 is 0 Å². The fourth-order valence-electron chi connectivity index (χ4n) is 3.82. The highest BCUT2D eigenvalue weighted by Crippen LogP contribution is 2.39. The number of aliphatic hydroxyl groups is 1. The topological polar surface area (TPSA) is 59.9 Å². The van der Waals surface area contributed by atoms with E-state index in [9.17, 15) is 5.11 Å². The maximum Gasteiger partial charge on any atom is 0.191 e. The Balaban J connectivity index is 2.41. The van der Waals surface area contributed by atoms with E-state index in [2.05, 4.69) is 36.3 Å². The number of guanidine groups is 1. The number of nitrogens with zero attached hydrogens (tertiary/aromatic N) is 2. The Kier molecular flexibility index (Phi) is 11.9. The minimum Gasteiger partial charge on any atom is -0.396 e. The van der Waals surface area contributed by atoms with Crippen LogP contribution in [0.5, 0.6) is 0 Å². The van der Waals surface area contributed by atoms with Crippen molar-refractivity contribution in [2.45, 2.75) is 72.1 Å². The van der Waals surface area contributed by atoms with E-state index in [0.717, 1.165) is 45.1 Å². The highest BCUT2D eigenvalue weighted by Gasteiger charge is 2.31. The summed E-state index contributed by atoms with van der Waals surface area (Å²) in [6.07, 6.45) is 9.60. The molecule has 1 aliphatic carbocycles. The van der Waals surface area contributed by atoms with Gasteiger partial charge >= 0.3 is 0 Å². The van der Waals surface area contributed by atoms with E-state index in [1.165, 1.54) is 51.5 Å². The third-order valence-electron chi connectivity index (χ3n) is 5.56. The number of rotatable bonds is 12. The molecule has 0 aliphatic heterocycles. The predicted molar refractivity (Wildman–Crippen MR) is 108 cm³/mol. The molecule has 148 valence electrons. The van der Waals surface area contributed by atoms with Crippen LogP contribution in [-0.4, -0.2) is 61.8 Å². The van der Waals surface area contributed by atoms with Crippen molar-refractivity contribution in [1.29, 1.82) is 0 Å². The Morgan fingerprint density at radius 2 is 1.76 bits per heavy atom. The molecule has 0 atom stereocenters. The normalized spacial score (nSPS) is 17.7. The molecule has 0 bridgehead atoms. The first-order valence-corrected chi connectivity index (χ1v) is 10.5. The van der Waals surface area contributed by atoms with E-state index in [4.69, 9.17) is 4.99 Å². The fraction of sp³-hybridized carbons (Fsp3) is 0.950. The van der Waals surface area contributed by atoms with Gasteiger partial charge in [-0.2, -0.15) is 0 Å². The summed E-state index contributed by atoms with van der Waals surface area (Å²) in [6, 6.07) is 0. The van der Waals surface area contributed by atoms with Gasteiger partial charge in [0.15, 0.2) is 5.96 Å². The zero-order valence-corrected chi connectivity index (χ0v) is 16.9. The van der Waals surface area contributed by atoms with Crippen LogP contribution < -0.4 is 10.6 Å². The van der Waals surface area contributed by atoms with Gasteiger partial charge < -0.3 is 20.6 Å². The molecule has 1 saturated carbocycles. The van der Waals surface area contributed by atoms with Crippen LogP contribution in [-0.2, 0) is 0 Å². The first kappa shape index (κ1) is 22.2. The largest absolute Gasteiger partial charge is 0.396 e. The minimum absolute atomic E-state index is 0.220. The summed E-state index contributed by atoms with van der Waals surface area (Å²) < 4.78 is 0. The van der Waals surface area contributed by atoms with Gasteiger partial charge in [-0.1, -0.05) is 33.1 Å². The van der Waals surface area contributed by atoms with Gasteiger partial charge in [0.25, 0.3) is 0 Å². The monoisotopic (exact) mass is 354 g/mol. The highest BCUT2D eigenvalue weighted by atomic mass is 16.3. The maximum atomic E-state index is 9.45. The lowest BCUT2D eigenvalue weighted by Gasteiger charge is -2.35. The Bertz CT molecular complexity index is 344. The molecular formula is C20H42N4O. The van der Waals surface area contributed by atoms with E-state index < -0.39 is 0 Å². The molecule has 3 N–H and O–H groups in total. The third-order valence-corrected chi connectivity index (χ3v) is 5.56. The van der Waals surface area contributed by atoms with E-state index in [-0.39, 0.29) is 12.0 Å². The molecule has 0 amide bonds. The Labute approximate surface area is 155 Å². The molecule has 0 unspecified atom stereocenters. The van der Waals surface area contributed by atoms with Crippen molar-refractivity contribution >= 4 is 5.96 Å². The molecule has 5 nitrogen and oxygen atoms in total. The molecule has 0 aromatic heterocycles. The molecule has 25 heavy (non-hydrogen) atoms. The van der Waals surface area contributed by atoms with Crippen molar-refractivity contribution in [2.24, 2.45) is 10.4 Å². The summed E-state index contributed by atoms with van der Waals surface area (Å²) in [7, 11) is 0. The smallest absolute Gasteiger partial charge is 0.191 e. The average molecular weight is 355 g/mol. The van der Waals surface area contributed by atoms with Gasteiger partial charge in [-0.05, 0) is 64.1 Å². The summed E-state index contributed by atoms with van der Waals surface area (Å²) in [5, 5.41) is 16.3. The lowest BCUT2D eigenvalue weighted by Crippen LogP contribution is -2.39. The van der Waals surface area contributed by atoms with E-state index in [1.54, 1.807) is 0 Å². The summed E-state index contributed by atoms with van der Waals surface area (Å²) in [4.78, 5) is 7.34. The van der Waals surface area contributed by atoms with Gasteiger partial charge in [0, 0.05) is 26.2 Å². The van der Waals surface area contributed by atoms with Crippen LogP contribution in [0.25, 0.3) is 0 Å². The molecule has 0 radical (unpaired) electrons. The third kappa shape index (κ3) is 8.91. The van der Waals surface area contributed by atoms with Gasteiger partial charge in [-0.25, -0.2) is 0 Å². The van der Waals surface area contributed by atoms with Gasteiger partial charge in [-0.15, -0.1) is 0 Å². The molecule has 1 rings (SSSR count). The first-order chi connectivity index (χ1) is 12.2. The van der Waals surface area contributed by atoms with Gasteiger partial charge in [0.2, 0.25) is 0 Å². The number of unbranched alkanes of at least 4 members (excludes halogenated alkanes) is 1. The zero-order valence-electron chi connectivity index (χ0n) is 16.9. The van der Waals surface area contributed by atoms with E-state index in [1.807, 2.05) is 0 Å². The van der Waals surface area contributed by atoms with Crippen molar-refractivity contribution in [3.8, 4) is 0 Å². The standard InChI is InChI=1S/C20H42N4O/c1-4-21-19(22-15-10-11-16-24(5-2)6-3)23-18-20(14-17-25)12-8-7-9-13-20/h25H,4-18H2,1-3H3,(H2,21,22,23). The lowest BCUT2D eigenvalue weighted by molar-refractivity contribution is 0.137. The zero-order chi connectivity index (χ0) is 18.4. The fourth-order valence-corrected chi connectivity index (χ4v) is 3.82. The van der Waals surface area contributed by atoms with Gasteiger partial charge in [0.05, 0.1) is 0 Å². The van der Waals surface area contributed by atoms with Crippen molar-refractivity contribution in [1.82, 2.24) is 15.5 Å². The molecule has 1 fully saturated rings. The van der Waals surface area contributed by atoms with Crippen LogP contribution in [0.2, 0.25) is 0 Å². The number of aliphatic imine (C=N–C) groups is 1. The van der Waals surface area contributed by atoms with Gasteiger partial charge in [0.1, 0.15) is 0 Å². The molecular weight excluding hydrogens is 312 g/mol. The molecule has 5 heteroatoms. The van der Waals surface area contributed by atoms with Crippen molar-refractivity contribution in [2.75, 3.05) is 45.9 Å². The van der Waals surface area contributed by atoms with Crippen LogP contribution in [0, 0.1) is 5.41 Å². The van der Waals surface area contributed by atoms with Crippen LogP contribution in [0.4, 0.5) is 0 Å². The second kappa shape index (κ2) is 13.4. The molecule has 0 saturated heterocycles. The molecule has 1 aliphatic rings. The Morgan fingerprint density at radius 3 is 2.36 bits per heavy atom.